The molecule has 0 spiro atoms. The second kappa shape index (κ2) is 13.2. The van der Waals surface area contributed by atoms with E-state index in [9.17, 15) is 32.7 Å². The fraction of sp³-hybridized carbons (Fsp3) is 0.375. The molecule has 7 nitrogen and oxygen atoms in total. The Morgan fingerprint density at radius 3 is 2.29 bits per heavy atom. The number of hydrogen-bond donors (Lipinski definition) is 3. The number of aliphatic carboxylic acids is 1. The van der Waals surface area contributed by atoms with Crippen LogP contribution in [0.25, 0.3) is 0 Å². The van der Waals surface area contributed by atoms with Crippen molar-refractivity contribution in [3.8, 4) is 0 Å². The van der Waals surface area contributed by atoms with Crippen molar-refractivity contribution in [1.82, 2.24) is 10.6 Å². The number of halogens is 3. The fourth-order valence-corrected chi connectivity index (χ4v) is 3.21. The lowest BCUT2D eigenvalue weighted by molar-refractivity contribution is -0.143. The summed E-state index contributed by atoms with van der Waals surface area (Å²) in [5.41, 5.74) is -0.261. The van der Waals surface area contributed by atoms with E-state index in [1.807, 2.05) is 30.3 Å². The van der Waals surface area contributed by atoms with Crippen LogP contribution in [0.4, 0.5) is 18.0 Å². The van der Waals surface area contributed by atoms with Crippen LogP contribution in [0.5, 0.6) is 0 Å². The highest BCUT2D eigenvalue weighted by atomic mass is 19.4. The van der Waals surface area contributed by atoms with E-state index in [0.29, 0.717) is 25.8 Å². The molecule has 0 radical (unpaired) electrons. The van der Waals surface area contributed by atoms with Crippen LogP contribution in [0.3, 0.4) is 0 Å². The monoisotopic (exact) mass is 480 g/mol. The van der Waals surface area contributed by atoms with Crippen molar-refractivity contribution < 1.29 is 37.4 Å². The molecule has 0 aliphatic carbocycles. The van der Waals surface area contributed by atoms with Crippen molar-refractivity contribution in [3.63, 3.8) is 0 Å². The molecule has 0 heterocycles. The molecular formula is C24H27F3N2O5. The van der Waals surface area contributed by atoms with Gasteiger partial charge in [0.15, 0.2) is 0 Å². The zero-order valence-corrected chi connectivity index (χ0v) is 18.4. The van der Waals surface area contributed by atoms with Crippen LogP contribution in [-0.4, -0.2) is 35.7 Å². The lowest BCUT2D eigenvalue weighted by Gasteiger charge is -2.18. The molecule has 0 aromatic heterocycles. The summed E-state index contributed by atoms with van der Waals surface area (Å²) >= 11 is 0. The minimum absolute atomic E-state index is 0.0170. The van der Waals surface area contributed by atoms with Gasteiger partial charge in [-0.3, -0.25) is 4.79 Å². The van der Waals surface area contributed by atoms with Crippen molar-refractivity contribution in [1.29, 1.82) is 0 Å². The first-order chi connectivity index (χ1) is 16.2. The first-order valence-corrected chi connectivity index (χ1v) is 10.8. The van der Waals surface area contributed by atoms with E-state index < -0.39 is 42.2 Å². The highest BCUT2D eigenvalue weighted by Crippen LogP contribution is 2.32. The van der Waals surface area contributed by atoms with E-state index in [-0.39, 0.29) is 18.6 Å². The Morgan fingerprint density at radius 1 is 0.941 bits per heavy atom. The molecule has 0 saturated carbocycles. The average Bonchev–Trinajstić information content (AvgIpc) is 2.79. The van der Waals surface area contributed by atoms with Gasteiger partial charge < -0.3 is 20.5 Å². The van der Waals surface area contributed by atoms with Gasteiger partial charge in [0, 0.05) is 19.4 Å². The Bertz CT molecular complexity index is 951. The maximum absolute atomic E-state index is 13.1. The van der Waals surface area contributed by atoms with Crippen molar-refractivity contribution in [3.05, 3.63) is 71.3 Å². The summed E-state index contributed by atoms with van der Waals surface area (Å²) in [6.07, 6.45) is -4.04. The molecule has 1 atom stereocenters. The first kappa shape index (κ1) is 26.7. The summed E-state index contributed by atoms with van der Waals surface area (Å²) in [6.45, 7) is 0.506. The van der Waals surface area contributed by atoms with Crippen LogP contribution in [0, 0.1) is 0 Å². The van der Waals surface area contributed by atoms with Gasteiger partial charge in [-0.05, 0) is 30.0 Å². The Labute approximate surface area is 195 Å². The molecule has 0 unspecified atom stereocenters. The Hall–Kier alpha value is -3.56. The molecule has 184 valence electrons. The maximum Gasteiger partial charge on any atom is 0.416 e. The van der Waals surface area contributed by atoms with Gasteiger partial charge in [-0.2, -0.15) is 13.2 Å². The Morgan fingerprint density at radius 2 is 1.62 bits per heavy atom. The van der Waals surface area contributed by atoms with E-state index in [0.717, 1.165) is 11.6 Å². The van der Waals surface area contributed by atoms with Crippen molar-refractivity contribution in [2.75, 3.05) is 6.54 Å². The molecule has 0 bridgehead atoms. The minimum Gasteiger partial charge on any atom is -0.480 e. The van der Waals surface area contributed by atoms with Crippen molar-refractivity contribution in [2.45, 2.75) is 50.9 Å². The third kappa shape index (κ3) is 9.51. The summed E-state index contributed by atoms with van der Waals surface area (Å²) in [5.74, 6) is -1.98. The molecule has 10 heteroatoms. The number of carbonyl (C=O) groups excluding carboxylic acids is 2. The predicted molar refractivity (Wildman–Crippen MR) is 118 cm³/mol. The lowest BCUT2D eigenvalue weighted by atomic mass is 9.99. The number of rotatable bonds is 12. The van der Waals surface area contributed by atoms with Crippen LogP contribution >= 0.6 is 0 Å². The standard InChI is InChI=1S/C24H27F3N2O5/c25-24(26,27)19-12-7-6-11-18(19)15-20(22(31)32)29-21(30)13-5-2-8-14-28-23(33)34-16-17-9-3-1-4-10-17/h1,3-4,6-7,9-12,20H,2,5,8,13-16H2,(H,28,33)(H,29,30)(H,31,32)/t20-/m0/s1. The SMILES string of the molecule is O=C(CCCCCNC(=O)OCc1ccccc1)N[C@@H](Cc1ccccc1C(F)(F)F)C(=O)O. The van der Waals surface area contributed by atoms with Crippen LogP contribution < -0.4 is 10.6 Å². The number of benzene rings is 2. The van der Waals surface area contributed by atoms with Gasteiger partial charge in [-0.15, -0.1) is 0 Å². The number of alkyl halides is 3. The van der Waals surface area contributed by atoms with E-state index in [1.54, 1.807) is 0 Å². The minimum atomic E-state index is -4.62. The number of amides is 2. The summed E-state index contributed by atoms with van der Waals surface area (Å²) in [5, 5.41) is 14.2. The van der Waals surface area contributed by atoms with Crippen LogP contribution in [0.1, 0.15) is 42.4 Å². The molecular weight excluding hydrogens is 453 g/mol. The number of alkyl carbamates (subject to hydrolysis) is 1. The molecule has 0 aliphatic rings. The zero-order chi connectivity index (χ0) is 25.0. The highest BCUT2D eigenvalue weighted by Gasteiger charge is 2.34. The van der Waals surface area contributed by atoms with Gasteiger partial charge in [0.25, 0.3) is 0 Å². The average molecular weight is 480 g/mol. The van der Waals surface area contributed by atoms with E-state index in [4.69, 9.17) is 4.74 Å². The van der Waals surface area contributed by atoms with Gasteiger partial charge in [0.05, 0.1) is 5.56 Å². The third-order valence-electron chi connectivity index (χ3n) is 4.94. The number of carboxylic acid groups (broad SMARTS) is 1. The molecule has 2 aromatic rings. The maximum atomic E-state index is 13.1. The van der Waals surface area contributed by atoms with Crippen LogP contribution in [-0.2, 0) is 33.5 Å². The molecule has 0 saturated heterocycles. The summed E-state index contributed by atoms with van der Waals surface area (Å²) in [4.78, 5) is 35.2. The largest absolute Gasteiger partial charge is 0.480 e. The van der Waals surface area contributed by atoms with Gasteiger partial charge in [0.1, 0.15) is 12.6 Å². The number of unbranched alkanes of at least 4 members (excludes halogenated alkanes) is 2. The quantitative estimate of drug-likeness (QED) is 0.393. The second-order valence-corrected chi connectivity index (χ2v) is 7.62. The zero-order valence-electron chi connectivity index (χ0n) is 18.4. The number of carbonyl (C=O) groups is 3. The van der Waals surface area contributed by atoms with E-state index in [1.165, 1.54) is 18.2 Å². The van der Waals surface area contributed by atoms with Gasteiger partial charge >= 0.3 is 18.2 Å². The smallest absolute Gasteiger partial charge is 0.416 e. The van der Waals surface area contributed by atoms with Gasteiger partial charge in [0.2, 0.25) is 5.91 Å². The molecule has 2 aromatic carbocycles. The first-order valence-electron chi connectivity index (χ1n) is 10.8. The van der Waals surface area contributed by atoms with Gasteiger partial charge in [-0.1, -0.05) is 55.0 Å². The van der Waals surface area contributed by atoms with Crippen LogP contribution in [0.2, 0.25) is 0 Å². The number of hydrogen-bond acceptors (Lipinski definition) is 4. The molecule has 2 amide bonds. The lowest BCUT2D eigenvalue weighted by Crippen LogP contribution is -2.42. The van der Waals surface area contributed by atoms with E-state index in [2.05, 4.69) is 10.6 Å². The number of carboxylic acids is 1. The Kier molecular flexibility index (Phi) is 10.4. The molecule has 3 N–H and O–H groups in total. The fourth-order valence-electron chi connectivity index (χ4n) is 3.21. The molecule has 2 rings (SSSR count). The van der Waals surface area contributed by atoms with Crippen molar-refractivity contribution >= 4 is 18.0 Å². The second-order valence-electron chi connectivity index (χ2n) is 7.62. The normalized spacial score (nSPS) is 12.0. The molecule has 0 aliphatic heterocycles. The third-order valence-corrected chi connectivity index (χ3v) is 4.94. The van der Waals surface area contributed by atoms with E-state index >= 15 is 0 Å². The molecule has 34 heavy (non-hydrogen) atoms. The summed E-state index contributed by atoms with van der Waals surface area (Å²) in [7, 11) is 0. The van der Waals surface area contributed by atoms with Crippen molar-refractivity contribution in [2.24, 2.45) is 0 Å². The van der Waals surface area contributed by atoms with Gasteiger partial charge in [-0.25, -0.2) is 9.59 Å². The Balaban J connectivity index is 1.67. The summed E-state index contributed by atoms with van der Waals surface area (Å²) < 4.78 is 44.5. The number of ether oxygens (including phenoxy) is 1. The highest BCUT2D eigenvalue weighted by molar-refractivity contribution is 5.83. The topological polar surface area (TPSA) is 105 Å². The summed E-state index contributed by atoms with van der Waals surface area (Å²) in [6, 6.07) is 12.4. The van der Waals surface area contributed by atoms with Crippen LogP contribution in [0.15, 0.2) is 54.6 Å². The number of nitrogens with one attached hydrogen (secondary N) is 2. The predicted octanol–water partition coefficient (Wildman–Crippen LogP) is 4.30. The molecule has 0 fully saturated rings.